The standard InChI is InChI=1S/C20H22N4O2.C3H8/c1-21-18(25)14-24-17(16-10-6-3-7-11-16)13-23-19(20(24)26)22-12-15-8-4-2-5-9-15;1-3-2/h3-4,6-11,13H,2,5,12,14H2,1H3,(H,21,25)(H,22,23);3H2,1-2H3. The Morgan fingerprint density at radius 3 is 2.52 bits per heavy atom. The molecular weight excluding hydrogens is 364 g/mol. The van der Waals surface area contributed by atoms with Gasteiger partial charge in [0.05, 0.1) is 11.9 Å². The minimum Gasteiger partial charge on any atom is -0.361 e. The van der Waals surface area contributed by atoms with Crippen LogP contribution in [0.2, 0.25) is 0 Å². The molecule has 1 aliphatic rings. The van der Waals surface area contributed by atoms with E-state index < -0.39 is 0 Å². The maximum atomic E-state index is 12.9. The third kappa shape index (κ3) is 6.45. The van der Waals surface area contributed by atoms with E-state index in [0.717, 1.165) is 24.0 Å². The predicted molar refractivity (Wildman–Crippen MR) is 119 cm³/mol. The SMILES string of the molecule is CCC.CNC(=O)Cn1c(-c2ccccc2)cnc(NCC2=CCCC=C2)c1=O. The van der Waals surface area contributed by atoms with E-state index in [1.165, 1.54) is 11.0 Å². The molecule has 3 rings (SSSR count). The number of aromatic nitrogens is 2. The van der Waals surface area contributed by atoms with Gasteiger partial charge in [0, 0.05) is 13.6 Å². The van der Waals surface area contributed by atoms with Crippen LogP contribution >= 0.6 is 0 Å². The lowest BCUT2D eigenvalue weighted by atomic mass is 10.1. The molecule has 0 spiro atoms. The van der Waals surface area contributed by atoms with Crippen LogP contribution in [-0.4, -0.2) is 29.1 Å². The largest absolute Gasteiger partial charge is 0.361 e. The number of carbonyl (C=O) groups is 1. The third-order valence-corrected chi connectivity index (χ3v) is 4.24. The molecule has 0 bridgehead atoms. The molecule has 0 unspecified atom stereocenters. The smallest absolute Gasteiger partial charge is 0.294 e. The van der Waals surface area contributed by atoms with Crippen LogP contribution in [0.15, 0.2) is 65.1 Å². The lowest BCUT2D eigenvalue weighted by Crippen LogP contribution is -2.33. The molecule has 0 saturated heterocycles. The summed E-state index contributed by atoms with van der Waals surface area (Å²) < 4.78 is 1.45. The molecule has 29 heavy (non-hydrogen) atoms. The van der Waals surface area contributed by atoms with Crippen molar-refractivity contribution in [3.63, 3.8) is 0 Å². The van der Waals surface area contributed by atoms with Crippen LogP contribution in [0.3, 0.4) is 0 Å². The molecule has 0 fully saturated rings. The van der Waals surface area contributed by atoms with E-state index in [4.69, 9.17) is 0 Å². The number of hydrogen-bond acceptors (Lipinski definition) is 4. The van der Waals surface area contributed by atoms with Crippen molar-refractivity contribution in [2.75, 3.05) is 18.9 Å². The fourth-order valence-corrected chi connectivity index (χ4v) is 2.81. The molecule has 1 aromatic heterocycles. The van der Waals surface area contributed by atoms with Crippen LogP contribution in [0, 0.1) is 0 Å². The summed E-state index contributed by atoms with van der Waals surface area (Å²) >= 11 is 0. The Morgan fingerprint density at radius 2 is 1.90 bits per heavy atom. The van der Waals surface area contributed by atoms with E-state index in [1.54, 1.807) is 13.2 Å². The van der Waals surface area contributed by atoms with Crippen LogP contribution in [0.4, 0.5) is 5.82 Å². The highest BCUT2D eigenvalue weighted by molar-refractivity contribution is 5.76. The van der Waals surface area contributed by atoms with Crippen LogP contribution in [0.25, 0.3) is 11.3 Å². The highest BCUT2D eigenvalue weighted by atomic mass is 16.2. The van der Waals surface area contributed by atoms with Crippen molar-refractivity contribution in [1.82, 2.24) is 14.9 Å². The van der Waals surface area contributed by atoms with Gasteiger partial charge in [-0.15, -0.1) is 0 Å². The highest BCUT2D eigenvalue weighted by Crippen LogP contribution is 2.18. The molecule has 6 nitrogen and oxygen atoms in total. The second-order valence-corrected chi connectivity index (χ2v) is 6.74. The van der Waals surface area contributed by atoms with Gasteiger partial charge in [-0.1, -0.05) is 68.8 Å². The zero-order valence-electron chi connectivity index (χ0n) is 17.4. The molecule has 1 heterocycles. The fraction of sp³-hybridized carbons (Fsp3) is 0.348. The summed E-state index contributed by atoms with van der Waals surface area (Å²) in [6.07, 6.45) is 11.3. The average Bonchev–Trinajstić information content (AvgIpc) is 2.76. The number of nitrogens with zero attached hydrogens (tertiary/aromatic N) is 2. The zero-order valence-corrected chi connectivity index (χ0v) is 17.4. The second-order valence-electron chi connectivity index (χ2n) is 6.74. The van der Waals surface area contributed by atoms with Gasteiger partial charge in [0.25, 0.3) is 5.56 Å². The fourth-order valence-electron chi connectivity index (χ4n) is 2.81. The third-order valence-electron chi connectivity index (χ3n) is 4.24. The minimum atomic E-state index is -0.310. The Hall–Kier alpha value is -3.15. The molecule has 1 aromatic carbocycles. The number of carbonyl (C=O) groups excluding carboxylic acids is 1. The van der Waals surface area contributed by atoms with E-state index in [2.05, 4.69) is 47.7 Å². The topological polar surface area (TPSA) is 76.0 Å². The molecule has 0 aliphatic heterocycles. The lowest BCUT2D eigenvalue weighted by molar-refractivity contribution is -0.121. The number of hydrogen-bond donors (Lipinski definition) is 2. The van der Waals surface area contributed by atoms with Gasteiger partial charge >= 0.3 is 0 Å². The Kier molecular flexibility index (Phi) is 8.89. The van der Waals surface area contributed by atoms with Crippen molar-refractivity contribution < 1.29 is 4.79 Å². The van der Waals surface area contributed by atoms with Gasteiger partial charge in [-0.25, -0.2) is 4.98 Å². The first-order valence-corrected chi connectivity index (χ1v) is 10.1. The Balaban J connectivity index is 0.000000941. The van der Waals surface area contributed by atoms with Crippen LogP contribution < -0.4 is 16.2 Å². The van der Waals surface area contributed by atoms with Crippen molar-refractivity contribution in [3.8, 4) is 11.3 Å². The molecule has 6 heteroatoms. The molecule has 2 aromatic rings. The summed E-state index contributed by atoms with van der Waals surface area (Å²) in [5, 5.41) is 5.66. The van der Waals surface area contributed by atoms with Crippen molar-refractivity contribution in [3.05, 3.63) is 70.7 Å². The summed E-state index contributed by atoms with van der Waals surface area (Å²) in [6, 6.07) is 9.46. The van der Waals surface area contributed by atoms with Gasteiger partial charge in [-0.05, 0) is 24.0 Å². The summed E-state index contributed by atoms with van der Waals surface area (Å²) in [6.45, 7) is 4.72. The molecule has 0 atom stereocenters. The number of allylic oxidation sites excluding steroid dienone is 2. The Bertz CT molecular complexity index is 914. The lowest BCUT2D eigenvalue weighted by Gasteiger charge is -2.15. The Labute approximate surface area is 172 Å². The van der Waals surface area contributed by atoms with Gasteiger partial charge in [0.1, 0.15) is 6.54 Å². The first kappa shape index (κ1) is 22.1. The van der Waals surface area contributed by atoms with E-state index in [9.17, 15) is 9.59 Å². The van der Waals surface area contributed by atoms with Gasteiger partial charge < -0.3 is 10.6 Å². The molecular formula is C23H30N4O2. The maximum Gasteiger partial charge on any atom is 0.294 e. The summed E-state index contributed by atoms with van der Waals surface area (Å²) in [5.41, 5.74) is 2.27. The van der Waals surface area contributed by atoms with Crippen molar-refractivity contribution in [2.45, 2.75) is 39.7 Å². The first-order valence-electron chi connectivity index (χ1n) is 10.1. The highest BCUT2D eigenvalue weighted by Gasteiger charge is 2.14. The quantitative estimate of drug-likeness (QED) is 0.782. The molecule has 1 amide bonds. The number of likely N-dealkylation sites (N-methyl/N-ethyl adjacent to an activating group) is 1. The van der Waals surface area contributed by atoms with Crippen LogP contribution in [0.5, 0.6) is 0 Å². The normalized spacial score (nSPS) is 12.4. The predicted octanol–water partition coefficient (Wildman–Crippen LogP) is 3.76. The Morgan fingerprint density at radius 1 is 1.17 bits per heavy atom. The number of amides is 1. The number of nitrogens with one attached hydrogen (secondary N) is 2. The summed E-state index contributed by atoms with van der Waals surface area (Å²) in [5.74, 6) is 0.00723. The van der Waals surface area contributed by atoms with Crippen molar-refractivity contribution in [1.29, 1.82) is 0 Å². The van der Waals surface area contributed by atoms with E-state index in [0.29, 0.717) is 12.2 Å². The van der Waals surface area contributed by atoms with Gasteiger partial charge in [0.2, 0.25) is 5.91 Å². The monoisotopic (exact) mass is 394 g/mol. The van der Waals surface area contributed by atoms with Crippen LogP contribution in [0.1, 0.15) is 33.1 Å². The minimum absolute atomic E-state index is 0.0562. The summed E-state index contributed by atoms with van der Waals surface area (Å²) in [7, 11) is 1.55. The summed E-state index contributed by atoms with van der Waals surface area (Å²) in [4.78, 5) is 29.1. The molecule has 154 valence electrons. The number of anilines is 1. The molecule has 0 radical (unpaired) electrons. The van der Waals surface area contributed by atoms with Crippen LogP contribution in [-0.2, 0) is 11.3 Å². The first-order chi connectivity index (χ1) is 14.1. The zero-order chi connectivity index (χ0) is 21.1. The average molecular weight is 395 g/mol. The van der Waals surface area contributed by atoms with Crippen molar-refractivity contribution >= 4 is 11.7 Å². The second kappa shape index (κ2) is 11.6. The van der Waals surface area contributed by atoms with Crippen molar-refractivity contribution in [2.24, 2.45) is 0 Å². The maximum absolute atomic E-state index is 12.9. The molecule has 0 saturated carbocycles. The number of rotatable bonds is 6. The van der Waals surface area contributed by atoms with Gasteiger partial charge in [-0.2, -0.15) is 0 Å². The number of benzene rings is 1. The van der Waals surface area contributed by atoms with E-state index in [-0.39, 0.29) is 23.8 Å². The van der Waals surface area contributed by atoms with E-state index in [1.807, 2.05) is 30.3 Å². The molecule has 1 aliphatic carbocycles. The van der Waals surface area contributed by atoms with Gasteiger partial charge in [-0.3, -0.25) is 14.2 Å². The molecule has 2 N–H and O–H groups in total. The van der Waals surface area contributed by atoms with E-state index >= 15 is 0 Å². The van der Waals surface area contributed by atoms with Gasteiger partial charge in [0.15, 0.2) is 5.82 Å².